The summed E-state index contributed by atoms with van der Waals surface area (Å²) in [5, 5.41) is 4.69. The lowest BCUT2D eigenvalue weighted by molar-refractivity contribution is -0.125. The zero-order valence-electron chi connectivity index (χ0n) is 16.5. The first-order valence-corrected chi connectivity index (χ1v) is 9.66. The average molecular weight is 378 g/mol. The lowest BCUT2D eigenvalue weighted by atomic mass is 9.84. The summed E-state index contributed by atoms with van der Waals surface area (Å²) in [7, 11) is 1.97. The molecule has 3 atom stereocenters. The van der Waals surface area contributed by atoms with Crippen LogP contribution in [0.2, 0.25) is 0 Å². The van der Waals surface area contributed by atoms with Crippen molar-refractivity contribution in [2.75, 3.05) is 30.5 Å². The zero-order valence-corrected chi connectivity index (χ0v) is 16.5. The monoisotopic (exact) mass is 378 g/mol. The standard InChI is InChI=1S/C22H26N4O2/c1-14-9-10-15(2)19(11-14)23-21(27)17-12-25(3)13-18-20(17)24-26(22(18)28)16-7-5-4-6-8-16/h4-11,17-18,20,24H,12-13H2,1-3H3,(H,23,27). The van der Waals surface area contributed by atoms with Crippen LogP contribution in [0.15, 0.2) is 48.5 Å². The largest absolute Gasteiger partial charge is 0.326 e. The number of benzene rings is 2. The van der Waals surface area contributed by atoms with Crippen molar-refractivity contribution < 1.29 is 9.59 Å². The molecule has 2 saturated heterocycles. The first kappa shape index (κ1) is 18.7. The van der Waals surface area contributed by atoms with Gasteiger partial charge in [0.05, 0.1) is 23.6 Å². The highest BCUT2D eigenvalue weighted by Crippen LogP contribution is 2.32. The quantitative estimate of drug-likeness (QED) is 0.861. The van der Waals surface area contributed by atoms with Gasteiger partial charge >= 0.3 is 0 Å². The molecule has 2 amide bonds. The summed E-state index contributed by atoms with van der Waals surface area (Å²) in [5.41, 5.74) is 7.08. The number of carbonyl (C=O) groups excluding carboxylic acids is 2. The van der Waals surface area contributed by atoms with Crippen molar-refractivity contribution in [2.45, 2.75) is 19.9 Å². The van der Waals surface area contributed by atoms with Gasteiger partial charge in [0, 0.05) is 18.8 Å². The maximum atomic E-state index is 13.2. The van der Waals surface area contributed by atoms with E-state index in [1.807, 2.05) is 69.4 Å². The normalized spacial score (nSPS) is 24.9. The van der Waals surface area contributed by atoms with E-state index in [-0.39, 0.29) is 29.7 Å². The Morgan fingerprint density at radius 1 is 1.11 bits per heavy atom. The van der Waals surface area contributed by atoms with Gasteiger partial charge in [-0.1, -0.05) is 30.3 Å². The lowest BCUT2D eigenvalue weighted by Gasteiger charge is -2.36. The van der Waals surface area contributed by atoms with Crippen molar-refractivity contribution >= 4 is 23.2 Å². The number of hydrogen-bond acceptors (Lipinski definition) is 4. The molecule has 0 bridgehead atoms. The van der Waals surface area contributed by atoms with Crippen LogP contribution in [0, 0.1) is 25.7 Å². The van der Waals surface area contributed by atoms with E-state index in [2.05, 4.69) is 15.6 Å². The van der Waals surface area contributed by atoms with Crippen molar-refractivity contribution in [2.24, 2.45) is 11.8 Å². The fraction of sp³-hybridized carbons (Fsp3) is 0.364. The number of carbonyl (C=O) groups is 2. The smallest absolute Gasteiger partial charge is 0.247 e. The number of amides is 2. The fourth-order valence-electron chi connectivity index (χ4n) is 4.16. The molecule has 2 heterocycles. The van der Waals surface area contributed by atoms with Crippen LogP contribution in [0.3, 0.4) is 0 Å². The Morgan fingerprint density at radius 3 is 2.61 bits per heavy atom. The van der Waals surface area contributed by atoms with E-state index in [4.69, 9.17) is 0 Å². The van der Waals surface area contributed by atoms with Crippen molar-refractivity contribution in [3.63, 3.8) is 0 Å². The molecule has 0 saturated carbocycles. The third-order valence-corrected chi connectivity index (χ3v) is 5.70. The Labute approximate surface area is 165 Å². The van der Waals surface area contributed by atoms with E-state index >= 15 is 0 Å². The van der Waals surface area contributed by atoms with Crippen LogP contribution >= 0.6 is 0 Å². The van der Waals surface area contributed by atoms with Gasteiger partial charge in [-0.05, 0) is 50.2 Å². The molecule has 28 heavy (non-hydrogen) atoms. The summed E-state index contributed by atoms with van der Waals surface area (Å²) in [4.78, 5) is 28.2. The van der Waals surface area contributed by atoms with Gasteiger partial charge in [0.1, 0.15) is 0 Å². The minimum Gasteiger partial charge on any atom is -0.326 e. The molecule has 2 aromatic carbocycles. The second-order valence-corrected chi connectivity index (χ2v) is 7.91. The molecule has 3 unspecified atom stereocenters. The lowest BCUT2D eigenvalue weighted by Crippen LogP contribution is -2.55. The van der Waals surface area contributed by atoms with E-state index in [1.165, 1.54) is 0 Å². The number of rotatable bonds is 3. The second-order valence-electron chi connectivity index (χ2n) is 7.91. The molecule has 0 spiro atoms. The molecular weight excluding hydrogens is 352 g/mol. The van der Waals surface area contributed by atoms with Crippen LogP contribution in [0.1, 0.15) is 11.1 Å². The number of hydrazine groups is 1. The summed E-state index contributed by atoms with van der Waals surface area (Å²) in [6.45, 7) is 5.25. The van der Waals surface area contributed by atoms with Gasteiger partial charge in [-0.3, -0.25) is 9.59 Å². The molecule has 146 valence electrons. The maximum Gasteiger partial charge on any atom is 0.247 e. The molecule has 6 heteroatoms. The van der Waals surface area contributed by atoms with E-state index in [0.29, 0.717) is 13.1 Å². The van der Waals surface area contributed by atoms with Gasteiger partial charge in [0.15, 0.2) is 0 Å². The molecule has 2 aromatic rings. The van der Waals surface area contributed by atoms with Crippen molar-refractivity contribution in [3.8, 4) is 0 Å². The van der Waals surface area contributed by atoms with Crippen LogP contribution < -0.4 is 15.8 Å². The maximum absolute atomic E-state index is 13.2. The highest BCUT2D eigenvalue weighted by atomic mass is 16.2. The SMILES string of the molecule is Cc1ccc(C)c(NC(=O)C2CN(C)CC3C(=O)N(c4ccccc4)NC23)c1. The van der Waals surface area contributed by atoms with Gasteiger partial charge in [-0.25, -0.2) is 10.4 Å². The molecule has 2 N–H and O–H groups in total. The molecule has 0 aliphatic carbocycles. The van der Waals surface area contributed by atoms with Crippen LogP contribution in [-0.4, -0.2) is 42.9 Å². The number of likely N-dealkylation sites (tertiary alicyclic amines) is 1. The minimum atomic E-state index is -0.318. The van der Waals surface area contributed by atoms with E-state index in [1.54, 1.807) is 5.01 Å². The Hall–Kier alpha value is -2.70. The zero-order chi connectivity index (χ0) is 19.8. The number of piperidine rings is 1. The molecular formula is C22H26N4O2. The molecule has 2 fully saturated rings. The number of anilines is 2. The first-order chi connectivity index (χ1) is 13.4. The van der Waals surface area contributed by atoms with Crippen molar-refractivity contribution in [3.05, 3.63) is 59.7 Å². The molecule has 4 rings (SSSR count). The minimum absolute atomic E-state index is 0.0206. The van der Waals surface area contributed by atoms with Gasteiger partial charge in [0.25, 0.3) is 0 Å². The van der Waals surface area contributed by atoms with E-state index in [0.717, 1.165) is 22.5 Å². The predicted molar refractivity (Wildman–Crippen MR) is 110 cm³/mol. The van der Waals surface area contributed by atoms with Crippen LogP contribution in [0.25, 0.3) is 0 Å². The molecule has 0 aromatic heterocycles. The summed E-state index contributed by atoms with van der Waals surface area (Å²) < 4.78 is 0. The highest BCUT2D eigenvalue weighted by Gasteiger charge is 2.50. The third-order valence-electron chi connectivity index (χ3n) is 5.70. The summed E-state index contributed by atoms with van der Waals surface area (Å²) in [5.74, 6) is -0.590. The summed E-state index contributed by atoms with van der Waals surface area (Å²) >= 11 is 0. The first-order valence-electron chi connectivity index (χ1n) is 9.66. The molecule has 6 nitrogen and oxygen atoms in total. The van der Waals surface area contributed by atoms with E-state index in [9.17, 15) is 9.59 Å². The summed E-state index contributed by atoms with van der Waals surface area (Å²) in [6, 6.07) is 15.3. The number of aryl methyl sites for hydroxylation is 2. The van der Waals surface area contributed by atoms with Crippen molar-refractivity contribution in [1.29, 1.82) is 0 Å². The number of nitrogens with zero attached hydrogens (tertiary/aromatic N) is 2. The Kier molecular flexibility index (Phi) is 4.91. The fourth-order valence-corrected chi connectivity index (χ4v) is 4.16. The van der Waals surface area contributed by atoms with Crippen LogP contribution in [-0.2, 0) is 9.59 Å². The average Bonchev–Trinajstić information content (AvgIpc) is 3.01. The van der Waals surface area contributed by atoms with Crippen LogP contribution in [0.4, 0.5) is 11.4 Å². The molecule has 0 radical (unpaired) electrons. The Bertz CT molecular complexity index is 899. The van der Waals surface area contributed by atoms with Gasteiger partial charge in [-0.15, -0.1) is 0 Å². The number of para-hydroxylation sites is 1. The van der Waals surface area contributed by atoms with Gasteiger partial charge < -0.3 is 10.2 Å². The second kappa shape index (κ2) is 7.37. The van der Waals surface area contributed by atoms with E-state index < -0.39 is 0 Å². The Balaban J connectivity index is 1.58. The topological polar surface area (TPSA) is 64.7 Å². The molecule has 2 aliphatic rings. The summed E-state index contributed by atoms with van der Waals surface area (Å²) in [6.07, 6.45) is 0. The number of fused-ring (bicyclic) bond motifs is 1. The predicted octanol–water partition coefficient (Wildman–Crippen LogP) is 2.34. The van der Waals surface area contributed by atoms with Gasteiger partial charge in [-0.2, -0.15) is 0 Å². The number of nitrogens with one attached hydrogen (secondary N) is 2. The number of hydrogen-bond donors (Lipinski definition) is 2. The Morgan fingerprint density at radius 2 is 1.86 bits per heavy atom. The molecule has 2 aliphatic heterocycles. The van der Waals surface area contributed by atoms with Gasteiger partial charge in [0.2, 0.25) is 11.8 Å². The van der Waals surface area contributed by atoms with Crippen molar-refractivity contribution in [1.82, 2.24) is 10.3 Å². The van der Waals surface area contributed by atoms with Crippen LogP contribution in [0.5, 0.6) is 0 Å². The third kappa shape index (κ3) is 3.41. The highest BCUT2D eigenvalue weighted by molar-refractivity contribution is 6.00.